The molecule has 1 aromatic heterocycles. The van der Waals surface area contributed by atoms with E-state index in [9.17, 15) is 4.79 Å². The lowest BCUT2D eigenvalue weighted by molar-refractivity contribution is -0.126. The summed E-state index contributed by atoms with van der Waals surface area (Å²) in [6.45, 7) is 5.42. The van der Waals surface area contributed by atoms with Gasteiger partial charge in [0.25, 0.3) is 0 Å². The van der Waals surface area contributed by atoms with E-state index >= 15 is 0 Å². The Morgan fingerprint density at radius 3 is 2.56 bits per heavy atom. The van der Waals surface area contributed by atoms with Crippen molar-refractivity contribution in [1.29, 1.82) is 0 Å². The van der Waals surface area contributed by atoms with Crippen LogP contribution in [-0.2, 0) is 4.79 Å². The third-order valence-corrected chi connectivity index (χ3v) is 5.77. The molecule has 5 nitrogen and oxygen atoms in total. The average Bonchev–Trinajstić information content (AvgIpc) is 2.89. The van der Waals surface area contributed by atoms with Gasteiger partial charge in [-0.3, -0.25) is 9.69 Å². The second-order valence-electron chi connectivity index (χ2n) is 8.71. The second-order valence-corrected chi connectivity index (χ2v) is 8.71. The van der Waals surface area contributed by atoms with Crippen molar-refractivity contribution < 1.29 is 4.79 Å². The molecule has 1 amide bonds. The largest absolute Gasteiger partial charge is 0.345 e. The van der Waals surface area contributed by atoms with Crippen LogP contribution in [0.2, 0.25) is 0 Å². The number of likely N-dealkylation sites (N-methyl/N-ethyl adjacent to an activating group) is 1. The number of amides is 1. The highest BCUT2D eigenvalue weighted by atomic mass is 16.2. The minimum Gasteiger partial charge on any atom is -0.345 e. The van der Waals surface area contributed by atoms with Crippen LogP contribution in [0.4, 0.5) is 0 Å². The molecule has 2 fully saturated rings. The fraction of sp³-hybridized carbons (Fsp3) is 0.750. The van der Waals surface area contributed by atoms with Gasteiger partial charge in [-0.2, -0.15) is 0 Å². The Labute approximate surface area is 151 Å². The van der Waals surface area contributed by atoms with E-state index in [0.717, 1.165) is 25.2 Å². The molecule has 2 heterocycles. The van der Waals surface area contributed by atoms with Crippen molar-refractivity contribution in [2.75, 3.05) is 13.6 Å². The van der Waals surface area contributed by atoms with Gasteiger partial charge in [0.05, 0.1) is 12.1 Å². The number of likely N-dealkylation sites (tertiary alicyclic amines) is 1. The number of carbonyl (C=O) groups is 1. The quantitative estimate of drug-likeness (QED) is 0.890. The van der Waals surface area contributed by atoms with Crippen molar-refractivity contribution in [3.63, 3.8) is 0 Å². The number of nitrogens with one attached hydrogen (secondary N) is 1. The summed E-state index contributed by atoms with van der Waals surface area (Å²) in [5.74, 6) is 1.54. The van der Waals surface area contributed by atoms with Crippen LogP contribution in [-0.4, -0.2) is 40.4 Å². The third-order valence-electron chi connectivity index (χ3n) is 5.77. The van der Waals surface area contributed by atoms with E-state index in [0.29, 0.717) is 5.92 Å². The first kappa shape index (κ1) is 18.3. The Balaban J connectivity index is 1.69. The molecule has 1 aromatic rings. The minimum atomic E-state index is -0.0751. The molecule has 138 valence electrons. The van der Waals surface area contributed by atoms with Crippen LogP contribution in [0.5, 0.6) is 0 Å². The summed E-state index contributed by atoms with van der Waals surface area (Å²) in [5.41, 5.74) is 0.193. The van der Waals surface area contributed by atoms with Gasteiger partial charge in [-0.1, -0.05) is 46.0 Å². The number of aromatic nitrogens is 2. The molecule has 3 rings (SSSR count). The van der Waals surface area contributed by atoms with E-state index in [2.05, 4.69) is 34.0 Å². The molecule has 2 aliphatic rings. The zero-order valence-corrected chi connectivity index (χ0v) is 15.9. The summed E-state index contributed by atoms with van der Waals surface area (Å²) in [6, 6.07) is 1.71. The third kappa shape index (κ3) is 4.78. The van der Waals surface area contributed by atoms with Crippen molar-refractivity contribution in [3.05, 3.63) is 24.3 Å². The monoisotopic (exact) mass is 344 g/mol. The van der Waals surface area contributed by atoms with E-state index in [-0.39, 0.29) is 23.4 Å². The highest BCUT2D eigenvalue weighted by Gasteiger charge is 2.40. The van der Waals surface area contributed by atoms with Gasteiger partial charge in [0.2, 0.25) is 5.91 Å². The van der Waals surface area contributed by atoms with Crippen molar-refractivity contribution >= 4 is 5.91 Å². The number of hydrogen-bond acceptors (Lipinski definition) is 4. The van der Waals surface area contributed by atoms with Crippen molar-refractivity contribution in [1.82, 2.24) is 20.2 Å². The lowest BCUT2D eigenvalue weighted by Crippen LogP contribution is -2.43. The SMILES string of the molecule is CN1CC(C)(C)CC1C(=O)NC(CC1CCCCC1)c1ncccn1. The lowest BCUT2D eigenvalue weighted by Gasteiger charge is -2.28. The number of hydrogen-bond donors (Lipinski definition) is 1. The first-order chi connectivity index (χ1) is 11.9. The summed E-state index contributed by atoms with van der Waals surface area (Å²) in [6.07, 6.45) is 11.9. The summed E-state index contributed by atoms with van der Waals surface area (Å²) in [7, 11) is 2.05. The summed E-state index contributed by atoms with van der Waals surface area (Å²) in [4.78, 5) is 24.0. The predicted octanol–water partition coefficient (Wildman–Crippen LogP) is 3.33. The molecular formula is C20H32N4O. The Hall–Kier alpha value is -1.49. The molecule has 0 spiro atoms. The van der Waals surface area contributed by atoms with Crippen LogP contribution < -0.4 is 5.32 Å². The van der Waals surface area contributed by atoms with Gasteiger partial charge < -0.3 is 5.32 Å². The van der Waals surface area contributed by atoms with E-state index in [1.54, 1.807) is 12.4 Å². The Morgan fingerprint density at radius 2 is 1.96 bits per heavy atom. The minimum absolute atomic E-state index is 0.0485. The zero-order chi connectivity index (χ0) is 17.9. The molecule has 0 aromatic carbocycles. The standard InChI is InChI=1S/C20H32N4O/c1-20(2)13-17(24(3)14-20)19(25)23-16(18-21-10-7-11-22-18)12-15-8-5-4-6-9-15/h7,10-11,15-17H,4-6,8-9,12-14H2,1-3H3,(H,23,25). The molecule has 1 aliphatic heterocycles. The Morgan fingerprint density at radius 1 is 1.28 bits per heavy atom. The Kier molecular flexibility index (Phi) is 5.72. The van der Waals surface area contributed by atoms with Gasteiger partial charge >= 0.3 is 0 Å². The first-order valence-corrected chi connectivity index (χ1v) is 9.72. The molecular weight excluding hydrogens is 312 g/mol. The molecule has 2 unspecified atom stereocenters. The Bertz CT molecular complexity index is 568. The molecule has 1 saturated heterocycles. The van der Waals surface area contributed by atoms with Gasteiger partial charge in [-0.15, -0.1) is 0 Å². The smallest absolute Gasteiger partial charge is 0.237 e. The summed E-state index contributed by atoms with van der Waals surface area (Å²) in [5, 5.41) is 3.29. The molecule has 0 radical (unpaired) electrons. The molecule has 0 bridgehead atoms. The van der Waals surface area contributed by atoms with Crippen molar-refractivity contribution in [2.45, 2.75) is 70.9 Å². The molecule has 1 saturated carbocycles. The number of nitrogens with zero attached hydrogens (tertiary/aromatic N) is 3. The van der Waals surface area contributed by atoms with Crippen molar-refractivity contribution in [3.8, 4) is 0 Å². The highest BCUT2D eigenvalue weighted by Crippen LogP contribution is 2.34. The molecule has 1 N–H and O–H groups in total. The number of rotatable bonds is 5. The van der Waals surface area contributed by atoms with E-state index < -0.39 is 0 Å². The highest BCUT2D eigenvalue weighted by molar-refractivity contribution is 5.82. The molecule has 5 heteroatoms. The normalized spacial score (nSPS) is 25.6. The van der Waals surface area contributed by atoms with Crippen LogP contribution in [0, 0.1) is 11.3 Å². The van der Waals surface area contributed by atoms with E-state index in [1.165, 1.54) is 32.1 Å². The maximum atomic E-state index is 13.0. The van der Waals surface area contributed by atoms with Gasteiger partial charge in [-0.25, -0.2) is 9.97 Å². The van der Waals surface area contributed by atoms with Gasteiger partial charge in [-0.05, 0) is 37.3 Å². The van der Waals surface area contributed by atoms with Gasteiger partial charge in [0, 0.05) is 18.9 Å². The van der Waals surface area contributed by atoms with Crippen molar-refractivity contribution in [2.24, 2.45) is 11.3 Å². The van der Waals surface area contributed by atoms with E-state index in [4.69, 9.17) is 0 Å². The second kappa shape index (κ2) is 7.81. The number of carbonyl (C=O) groups excluding carboxylic acids is 1. The maximum Gasteiger partial charge on any atom is 0.237 e. The van der Waals surface area contributed by atoms with Crippen LogP contribution >= 0.6 is 0 Å². The maximum absolute atomic E-state index is 13.0. The topological polar surface area (TPSA) is 58.1 Å². The molecule has 1 aliphatic carbocycles. The van der Waals surface area contributed by atoms with Crippen LogP contribution in [0.1, 0.15) is 70.7 Å². The van der Waals surface area contributed by atoms with Crippen LogP contribution in [0.3, 0.4) is 0 Å². The van der Waals surface area contributed by atoms with Crippen LogP contribution in [0.15, 0.2) is 18.5 Å². The van der Waals surface area contributed by atoms with Gasteiger partial charge in [0.15, 0.2) is 0 Å². The first-order valence-electron chi connectivity index (χ1n) is 9.72. The predicted molar refractivity (Wildman–Crippen MR) is 98.9 cm³/mol. The lowest BCUT2D eigenvalue weighted by atomic mass is 9.84. The summed E-state index contributed by atoms with van der Waals surface area (Å²) >= 11 is 0. The molecule has 25 heavy (non-hydrogen) atoms. The zero-order valence-electron chi connectivity index (χ0n) is 15.9. The average molecular weight is 345 g/mol. The van der Waals surface area contributed by atoms with Gasteiger partial charge in [0.1, 0.15) is 5.82 Å². The fourth-order valence-corrected chi connectivity index (χ4v) is 4.57. The van der Waals surface area contributed by atoms with Crippen LogP contribution in [0.25, 0.3) is 0 Å². The van der Waals surface area contributed by atoms with E-state index in [1.807, 2.05) is 13.1 Å². The molecule has 2 atom stereocenters. The summed E-state index contributed by atoms with van der Waals surface area (Å²) < 4.78 is 0. The fourth-order valence-electron chi connectivity index (χ4n) is 4.57.